The van der Waals surface area contributed by atoms with Crippen LogP contribution < -0.4 is 15.1 Å². The SMILES string of the molecule is O=C(NC1CCCN(c2ncccn2)C1)C1CCCN(c2ncccn2)C1. The van der Waals surface area contributed by atoms with E-state index < -0.39 is 0 Å². The Hall–Kier alpha value is -2.77. The molecule has 2 unspecified atom stereocenters. The molecular formula is C19H25N7O. The summed E-state index contributed by atoms with van der Waals surface area (Å²) in [6.07, 6.45) is 10.9. The van der Waals surface area contributed by atoms with Crippen molar-refractivity contribution in [2.75, 3.05) is 36.0 Å². The van der Waals surface area contributed by atoms with Gasteiger partial charge in [0.1, 0.15) is 0 Å². The molecule has 142 valence electrons. The summed E-state index contributed by atoms with van der Waals surface area (Å²) in [6.45, 7) is 3.26. The van der Waals surface area contributed by atoms with E-state index in [0.717, 1.165) is 51.3 Å². The highest BCUT2D eigenvalue weighted by atomic mass is 16.2. The Kier molecular flexibility index (Phi) is 5.41. The average molecular weight is 367 g/mol. The van der Waals surface area contributed by atoms with Crippen molar-refractivity contribution in [1.82, 2.24) is 25.3 Å². The van der Waals surface area contributed by atoms with E-state index in [-0.39, 0.29) is 17.9 Å². The molecule has 27 heavy (non-hydrogen) atoms. The molecule has 2 atom stereocenters. The van der Waals surface area contributed by atoms with Gasteiger partial charge in [-0.15, -0.1) is 0 Å². The van der Waals surface area contributed by atoms with Crippen LogP contribution in [0.5, 0.6) is 0 Å². The van der Waals surface area contributed by atoms with Gasteiger partial charge in [-0.2, -0.15) is 0 Å². The molecule has 8 nitrogen and oxygen atoms in total. The molecule has 1 amide bonds. The zero-order chi connectivity index (χ0) is 18.5. The second-order valence-corrected chi connectivity index (χ2v) is 7.18. The molecule has 2 fully saturated rings. The number of hydrogen-bond donors (Lipinski definition) is 1. The van der Waals surface area contributed by atoms with Crippen LogP contribution in [-0.4, -0.2) is 58.1 Å². The van der Waals surface area contributed by atoms with Gasteiger partial charge in [0.05, 0.1) is 5.92 Å². The number of anilines is 2. The van der Waals surface area contributed by atoms with Crippen LogP contribution in [0.3, 0.4) is 0 Å². The van der Waals surface area contributed by atoms with Crippen LogP contribution in [0.4, 0.5) is 11.9 Å². The van der Waals surface area contributed by atoms with Gasteiger partial charge in [-0.3, -0.25) is 4.79 Å². The predicted molar refractivity (Wildman–Crippen MR) is 102 cm³/mol. The first-order valence-corrected chi connectivity index (χ1v) is 9.64. The maximum absolute atomic E-state index is 12.9. The van der Waals surface area contributed by atoms with E-state index >= 15 is 0 Å². The fourth-order valence-electron chi connectivity index (χ4n) is 3.88. The van der Waals surface area contributed by atoms with Crippen molar-refractivity contribution in [2.24, 2.45) is 5.92 Å². The molecular weight excluding hydrogens is 342 g/mol. The molecule has 2 aromatic heterocycles. The van der Waals surface area contributed by atoms with Crippen LogP contribution in [-0.2, 0) is 4.79 Å². The van der Waals surface area contributed by atoms with Crippen molar-refractivity contribution < 1.29 is 4.79 Å². The second-order valence-electron chi connectivity index (χ2n) is 7.18. The topological polar surface area (TPSA) is 87.1 Å². The lowest BCUT2D eigenvalue weighted by atomic mass is 9.96. The lowest BCUT2D eigenvalue weighted by Crippen LogP contribution is -2.52. The van der Waals surface area contributed by atoms with Gasteiger partial charge < -0.3 is 15.1 Å². The lowest BCUT2D eigenvalue weighted by molar-refractivity contribution is -0.126. The number of hydrogen-bond acceptors (Lipinski definition) is 7. The van der Waals surface area contributed by atoms with E-state index in [1.54, 1.807) is 24.8 Å². The van der Waals surface area contributed by atoms with Crippen LogP contribution in [0.15, 0.2) is 36.9 Å². The molecule has 2 saturated heterocycles. The third-order valence-corrected chi connectivity index (χ3v) is 5.23. The number of nitrogens with zero attached hydrogens (tertiary/aromatic N) is 6. The Balaban J connectivity index is 1.34. The molecule has 0 saturated carbocycles. The van der Waals surface area contributed by atoms with Crippen molar-refractivity contribution in [1.29, 1.82) is 0 Å². The fraction of sp³-hybridized carbons (Fsp3) is 0.526. The van der Waals surface area contributed by atoms with E-state index in [4.69, 9.17) is 0 Å². The molecule has 0 radical (unpaired) electrons. The first-order chi connectivity index (χ1) is 13.3. The quantitative estimate of drug-likeness (QED) is 0.871. The Morgan fingerprint density at radius 3 is 2.04 bits per heavy atom. The summed E-state index contributed by atoms with van der Waals surface area (Å²) in [5.74, 6) is 1.56. The first-order valence-electron chi connectivity index (χ1n) is 9.64. The first kappa shape index (κ1) is 17.6. The van der Waals surface area contributed by atoms with Crippen molar-refractivity contribution in [3.05, 3.63) is 36.9 Å². The van der Waals surface area contributed by atoms with Gasteiger partial charge in [0.25, 0.3) is 0 Å². The molecule has 0 aromatic carbocycles. The summed E-state index contributed by atoms with van der Waals surface area (Å²) in [4.78, 5) is 34.4. The molecule has 4 rings (SSSR count). The summed E-state index contributed by atoms with van der Waals surface area (Å²) >= 11 is 0. The Bertz CT molecular complexity index is 742. The van der Waals surface area contributed by atoms with Crippen molar-refractivity contribution in [3.8, 4) is 0 Å². The predicted octanol–water partition coefficient (Wildman–Crippen LogP) is 1.27. The number of piperidine rings is 2. The number of carbonyl (C=O) groups excluding carboxylic acids is 1. The molecule has 2 aliphatic heterocycles. The second kappa shape index (κ2) is 8.28. The standard InChI is InChI=1S/C19H25N7O/c27-17(15-5-1-11-25(13-15)18-20-7-3-8-21-18)24-16-6-2-12-26(14-16)19-22-9-4-10-23-19/h3-4,7-10,15-16H,1-2,5-6,11-14H2,(H,24,27). The van der Waals surface area contributed by atoms with Gasteiger partial charge in [0.15, 0.2) is 0 Å². The minimum absolute atomic E-state index is 0.0223. The van der Waals surface area contributed by atoms with E-state index in [9.17, 15) is 4.79 Å². The molecule has 8 heteroatoms. The zero-order valence-corrected chi connectivity index (χ0v) is 15.4. The summed E-state index contributed by atoms with van der Waals surface area (Å²) in [6, 6.07) is 3.76. The van der Waals surface area contributed by atoms with Crippen molar-refractivity contribution >= 4 is 17.8 Å². The van der Waals surface area contributed by atoms with Crippen LogP contribution >= 0.6 is 0 Å². The summed E-state index contributed by atoms with van der Waals surface area (Å²) in [5.41, 5.74) is 0. The third-order valence-electron chi connectivity index (χ3n) is 5.23. The number of nitrogens with one attached hydrogen (secondary N) is 1. The number of aromatic nitrogens is 4. The molecule has 0 aliphatic carbocycles. The van der Waals surface area contributed by atoms with Crippen LogP contribution in [0.1, 0.15) is 25.7 Å². The maximum Gasteiger partial charge on any atom is 0.225 e. The molecule has 4 heterocycles. The average Bonchev–Trinajstić information content (AvgIpc) is 2.75. The maximum atomic E-state index is 12.9. The minimum atomic E-state index is -0.0223. The van der Waals surface area contributed by atoms with E-state index in [1.807, 2.05) is 12.1 Å². The lowest BCUT2D eigenvalue weighted by Gasteiger charge is -2.36. The van der Waals surface area contributed by atoms with Crippen LogP contribution in [0.25, 0.3) is 0 Å². The number of rotatable bonds is 4. The van der Waals surface area contributed by atoms with E-state index in [0.29, 0.717) is 12.5 Å². The number of amides is 1. The van der Waals surface area contributed by atoms with Gasteiger partial charge in [0, 0.05) is 57.0 Å². The largest absolute Gasteiger partial charge is 0.351 e. The van der Waals surface area contributed by atoms with Crippen LogP contribution in [0, 0.1) is 5.92 Å². The summed E-state index contributed by atoms with van der Waals surface area (Å²) < 4.78 is 0. The monoisotopic (exact) mass is 367 g/mol. The van der Waals surface area contributed by atoms with E-state index in [2.05, 4.69) is 35.1 Å². The van der Waals surface area contributed by atoms with Gasteiger partial charge in [-0.05, 0) is 37.8 Å². The Morgan fingerprint density at radius 1 is 0.852 bits per heavy atom. The molecule has 1 N–H and O–H groups in total. The smallest absolute Gasteiger partial charge is 0.225 e. The Labute approximate surface area is 159 Å². The van der Waals surface area contributed by atoms with Gasteiger partial charge in [-0.1, -0.05) is 0 Å². The minimum Gasteiger partial charge on any atom is -0.351 e. The molecule has 0 spiro atoms. The van der Waals surface area contributed by atoms with Crippen molar-refractivity contribution in [2.45, 2.75) is 31.7 Å². The van der Waals surface area contributed by atoms with Gasteiger partial charge >= 0.3 is 0 Å². The van der Waals surface area contributed by atoms with E-state index in [1.165, 1.54) is 0 Å². The Morgan fingerprint density at radius 2 is 1.41 bits per heavy atom. The van der Waals surface area contributed by atoms with Crippen molar-refractivity contribution in [3.63, 3.8) is 0 Å². The molecule has 0 bridgehead atoms. The number of carbonyl (C=O) groups is 1. The fourth-order valence-corrected chi connectivity index (χ4v) is 3.88. The van der Waals surface area contributed by atoms with Gasteiger partial charge in [-0.25, -0.2) is 19.9 Å². The zero-order valence-electron chi connectivity index (χ0n) is 15.4. The summed E-state index contributed by atoms with van der Waals surface area (Å²) in [7, 11) is 0. The molecule has 2 aromatic rings. The van der Waals surface area contributed by atoms with Crippen LogP contribution in [0.2, 0.25) is 0 Å². The highest BCUT2D eigenvalue weighted by Gasteiger charge is 2.30. The summed E-state index contributed by atoms with van der Waals surface area (Å²) in [5, 5.41) is 3.26. The third kappa shape index (κ3) is 4.32. The highest BCUT2D eigenvalue weighted by molar-refractivity contribution is 5.80. The normalized spacial score (nSPS) is 23.1. The molecule has 2 aliphatic rings. The van der Waals surface area contributed by atoms with Gasteiger partial charge in [0.2, 0.25) is 17.8 Å². The highest BCUT2D eigenvalue weighted by Crippen LogP contribution is 2.21.